The van der Waals surface area contributed by atoms with Crippen LogP contribution in [-0.4, -0.2) is 18.1 Å². The third-order valence-corrected chi connectivity index (χ3v) is 5.29. The molecule has 3 nitrogen and oxygen atoms in total. The van der Waals surface area contributed by atoms with Gasteiger partial charge >= 0.3 is 0 Å². The van der Waals surface area contributed by atoms with Crippen molar-refractivity contribution >= 4 is 46.0 Å². The first-order chi connectivity index (χ1) is 10.1. The summed E-state index contributed by atoms with van der Waals surface area (Å²) < 4.78 is 1.23. The number of nitrogens with one attached hydrogen (secondary N) is 1. The van der Waals surface area contributed by atoms with Crippen LogP contribution in [0.2, 0.25) is 0 Å². The molecule has 0 fully saturated rings. The van der Waals surface area contributed by atoms with Crippen molar-refractivity contribution in [3.05, 3.63) is 43.1 Å². The van der Waals surface area contributed by atoms with Crippen LogP contribution in [-0.2, 0) is 4.79 Å². The van der Waals surface area contributed by atoms with Crippen LogP contribution in [0, 0.1) is 0 Å². The maximum atomic E-state index is 12.1. The molecular weight excluding hydrogens is 302 g/mol. The number of rotatable bonds is 5. The fourth-order valence-electron chi connectivity index (χ4n) is 2.33. The summed E-state index contributed by atoms with van der Waals surface area (Å²) in [5.74, 6) is 0.118. The molecule has 0 unspecified atom stereocenters. The Balaban J connectivity index is 1.90. The van der Waals surface area contributed by atoms with E-state index in [-0.39, 0.29) is 11.6 Å². The fourth-order valence-corrected chi connectivity index (χ4v) is 4.05. The van der Waals surface area contributed by atoms with Gasteiger partial charge in [-0.25, -0.2) is 0 Å². The number of hydrogen-bond acceptors (Lipinski definition) is 5. The van der Waals surface area contributed by atoms with Crippen LogP contribution in [0.3, 0.4) is 0 Å². The highest BCUT2D eigenvalue weighted by atomic mass is 32.1. The lowest BCUT2D eigenvalue weighted by molar-refractivity contribution is -0.116. The van der Waals surface area contributed by atoms with Crippen molar-refractivity contribution in [3.8, 4) is 0 Å². The molecule has 108 valence electrons. The highest BCUT2D eigenvalue weighted by Gasteiger charge is 2.14. The van der Waals surface area contributed by atoms with Crippen molar-refractivity contribution in [2.45, 2.75) is 19.8 Å². The molecular formula is C16H15NO2S2. The van der Waals surface area contributed by atoms with Crippen molar-refractivity contribution in [3.63, 3.8) is 0 Å². The standard InChI is InChI=1S/C16H15NO2S2/c1-10(18)2-3-14(19)15-6-11(9-21-15)13-7-17-8-16-12(13)4-5-20-16/h4-6,8-9,17H,2-3,7H2,1H3. The molecule has 0 bridgehead atoms. The van der Waals surface area contributed by atoms with Gasteiger partial charge in [0.15, 0.2) is 5.78 Å². The Bertz CT molecular complexity index is 813. The molecule has 3 heterocycles. The van der Waals surface area contributed by atoms with E-state index in [0.717, 1.165) is 17.0 Å². The van der Waals surface area contributed by atoms with E-state index in [1.165, 1.54) is 33.6 Å². The topological polar surface area (TPSA) is 46.2 Å². The summed E-state index contributed by atoms with van der Waals surface area (Å²) in [6, 6.07) is 4.08. The Morgan fingerprint density at radius 1 is 1.29 bits per heavy atom. The maximum absolute atomic E-state index is 12.1. The maximum Gasteiger partial charge on any atom is 0.173 e. The van der Waals surface area contributed by atoms with E-state index in [4.69, 9.17) is 0 Å². The molecule has 1 N–H and O–H groups in total. The molecule has 1 aliphatic rings. The van der Waals surface area contributed by atoms with E-state index >= 15 is 0 Å². The lowest BCUT2D eigenvalue weighted by atomic mass is 10.0. The highest BCUT2D eigenvalue weighted by molar-refractivity contribution is 7.12. The normalized spacial score (nSPS) is 13.3. The van der Waals surface area contributed by atoms with Gasteiger partial charge in [0.05, 0.1) is 9.41 Å². The molecule has 0 atom stereocenters. The smallest absolute Gasteiger partial charge is 0.173 e. The van der Waals surface area contributed by atoms with Gasteiger partial charge in [0.25, 0.3) is 0 Å². The summed E-state index contributed by atoms with van der Waals surface area (Å²) in [4.78, 5) is 23.8. The predicted octanol–water partition coefficient (Wildman–Crippen LogP) is 1.90. The second-order valence-electron chi connectivity index (χ2n) is 5.03. The predicted molar refractivity (Wildman–Crippen MR) is 87.1 cm³/mol. The third kappa shape index (κ3) is 2.99. The minimum absolute atomic E-state index is 0.0583. The van der Waals surface area contributed by atoms with Gasteiger partial charge in [-0.3, -0.25) is 4.79 Å². The van der Waals surface area contributed by atoms with Gasteiger partial charge in [-0.2, -0.15) is 0 Å². The summed E-state index contributed by atoms with van der Waals surface area (Å²) in [6.45, 7) is 2.30. The zero-order chi connectivity index (χ0) is 14.8. The summed E-state index contributed by atoms with van der Waals surface area (Å²) in [5, 5.41) is 8.64. The van der Waals surface area contributed by atoms with Crippen LogP contribution < -0.4 is 15.1 Å². The average Bonchev–Trinajstić information content (AvgIpc) is 3.12. The van der Waals surface area contributed by atoms with Gasteiger partial charge in [0.2, 0.25) is 0 Å². The SMILES string of the molecule is CC(=O)CCC(=O)c1cc(C2=c3ccsc3=CNC2)cs1. The lowest BCUT2D eigenvalue weighted by Crippen LogP contribution is -2.33. The van der Waals surface area contributed by atoms with E-state index < -0.39 is 0 Å². The number of Topliss-reactive ketones (excluding diaryl/α,β-unsaturated/α-hetero) is 2. The molecule has 0 aliphatic carbocycles. The molecule has 1 aliphatic heterocycles. The molecule has 0 spiro atoms. The summed E-state index contributed by atoms with van der Waals surface area (Å²) in [5.41, 5.74) is 2.34. The average molecular weight is 317 g/mol. The van der Waals surface area contributed by atoms with Gasteiger partial charge in [-0.05, 0) is 46.2 Å². The second kappa shape index (κ2) is 5.95. The van der Waals surface area contributed by atoms with E-state index in [0.29, 0.717) is 12.8 Å². The number of hydrogen-bond donors (Lipinski definition) is 1. The van der Waals surface area contributed by atoms with E-state index in [2.05, 4.69) is 16.8 Å². The molecule has 0 radical (unpaired) electrons. The Hall–Kier alpha value is -1.72. The zero-order valence-corrected chi connectivity index (χ0v) is 13.3. The number of thiophene rings is 2. The molecule has 0 saturated heterocycles. The van der Waals surface area contributed by atoms with Gasteiger partial charge < -0.3 is 10.1 Å². The Labute approximate surface area is 130 Å². The molecule has 0 amide bonds. The molecule has 5 heteroatoms. The monoisotopic (exact) mass is 317 g/mol. The first-order valence-corrected chi connectivity index (χ1v) is 8.53. The van der Waals surface area contributed by atoms with Gasteiger partial charge in [-0.15, -0.1) is 22.7 Å². The van der Waals surface area contributed by atoms with Crippen LogP contribution >= 0.6 is 22.7 Å². The number of carbonyl (C=O) groups excluding carboxylic acids is 2. The van der Waals surface area contributed by atoms with Crippen molar-refractivity contribution in [1.82, 2.24) is 5.32 Å². The zero-order valence-electron chi connectivity index (χ0n) is 11.6. The first-order valence-electron chi connectivity index (χ1n) is 6.77. The second-order valence-corrected chi connectivity index (χ2v) is 6.89. The van der Waals surface area contributed by atoms with E-state index in [9.17, 15) is 9.59 Å². The molecule has 3 rings (SSSR count). The largest absolute Gasteiger partial charge is 0.386 e. The van der Waals surface area contributed by atoms with E-state index in [1.54, 1.807) is 11.3 Å². The first kappa shape index (κ1) is 14.2. The molecule has 2 aromatic rings. The molecule has 0 aromatic carbocycles. The Morgan fingerprint density at radius 2 is 2.14 bits per heavy atom. The van der Waals surface area contributed by atoms with Crippen molar-refractivity contribution < 1.29 is 9.59 Å². The van der Waals surface area contributed by atoms with Gasteiger partial charge in [0.1, 0.15) is 5.78 Å². The lowest BCUT2D eigenvalue weighted by Gasteiger charge is -2.09. The number of fused-ring (bicyclic) bond motifs is 1. The summed E-state index contributed by atoms with van der Waals surface area (Å²) >= 11 is 3.17. The van der Waals surface area contributed by atoms with Crippen LogP contribution in [0.15, 0.2) is 22.9 Å². The highest BCUT2D eigenvalue weighted by Crippen LogP contribution is 2.22. The van der Waals surface area contributed by atoms with Crippen LogP contribution in [0.5, 0.6) is 0 Å². The summed E-state index contributed by atoms with van der Waals surface area (Å²) in [6.07, 6.45) is 2.67. The molecule has 21 heavy (non-hydrogen) atoms. The van der Waals surface area contributed by atoms with Gasteiger partial charge in [0, 0.05) is 25.6 Å². The Kier molecular flexibility index (Phi) is 4.03. The van der Waals surface area contributed by atoms with Crippen LogP contribution in [0.4, 0.5) is 0 Å². The minimum atomic E-state index is 0.0583. The quantitative estimate of drug-likeness (QED) is 0.857. The van der Waals surface area contributed by atoms with Crippen molar-refractivity contribution in [1.29, 1.82) is 0 Å². The van der Waals surface area contributed by atoms with Gasteiger partial charge in [-0.1, -0.05) is 0 Å². The number of ketones is 2. The van der Waals surface area contributed by atoms with Crippen LogP contribution in [0.25, 0.3) is 11.8 Å². The van der Waals surface area contributed by atoms with Crippen molar-refractivity contribution in [2.75, 3.05) is 6.54 Å². The van der Waals surface area contributed by atoms with E-state index in [1.807, 2.05) is 17.6 Å². The molecule has 0 saturated carbocycles. The minimum Gasteiger partial charge on any atom is -0.386 e. The summed E-state index contributed by atoms with van der Waals surface area (Å²) in [7, 11) is 0. The number of carbonyl (C=O) groups is 2. The third-order valence-electron chi connectivity index (χ3n) is 3.46. The van der Waals surface area contributed by atoms with Crippen LogP contribution in [0.1, 0.15) is 35.0 Å². The Morgan fingerprint density at radius 3 is 2.95 bits per heavy atom. The molecule has 2 aromatic heterocycles. The fraction of sp³-hybridized carbons (Fsp3) is 0.250. The van der Waals surface area contributed by atoms with Crippen molar-refractivity contribution in [2.24, 2.45) is 0 Å².